The number of sulfonamides is 1. The minimum Gasteiger partial charge on any atom is -0.493 e. The van der Waals surface area contributed by atoms with Crippen molar-refractivity contribution in [3.05, 3.63) is 84.4 Å². The summed E-state index contributed by atoms with van der Waals surface area (Å²) >= 11 is 0. The number of rotatable bonds is 9. The fraction of sp³-hybridized carbons (Fsp3) is 0.130. The van der Waals surface area contributed by atoms with Crippen LogP contribution < -0.4 is 19.2 Å². The minimum absolute atomic E-state index is 0.0884. The monoisotopic (exact) mass is 453 g/mol. The van der Waals surface area contributed by atoms with E-state index in [4.69, 9.17) is 9.47 Å². The van der Waals surface area contributed by atoms with Crippen molar-refractivity contribution in [1.82, 2.24) is 5.43 Å². The van der Waals surface area contributed by atoms with Crippen molar-refractivity contribution in [2.75, 3.05) is 25.1 Å². The molecule has 166 valence electrons. The normalized spacial score (nSPS) is 11.2. The fourth-order valence-corrected chi connectivity index (χ4v) is 4.35. The van der Waals surface area contributed by atoms with E-state index in [1.54, 1.807) is 66.7 Å². The number of anilines is 1. The molecule has 32 heavy (non-hydrogen) atoms. The third-order valence-electron chi connectivity index (χ3n) is 4.47. The number of hydrogen-bond acceptors (Lipinski definition) is 6. The van der Waals surface area contributed by atoms with Crippen molar-refractivity contribution >= 4 is 27.8 Å². The smallest absolute Gasteiger partial charge is 0.264 e. The molecule has 3 aromatic rings. The molecule has 9 heteroatoms. The van der Waals surface area contributed by atoms with Crippen molar-refractivity contribution < 1.29 is 22.7 Å². The largest absolute Gasteiger partial charge is 0.493 e. The van der Waals surface area contributed by atoms with Crippen LogP contribution in [0.25, 0.3) is 0 Å². The first kappa shape index (κ1) is 22.8. The van der Waals surface area contributed by atoms with E-state index in [2.05, 4.69) is 10.5 Å². The molecule has 0 heterocycles. The lowest BCUT2D eigenvalue weighted by Gasteiger charge is -2.23. The molecule has 0 fully saturated rings. The second-order valence-electron chi connectivity index (χ2n) is 6.57. The zero-order valence-corrected chi connectivity index (χ0v) is 18.5. The van der Waals surface area contributed by atoms with Crippen LogP contribution in [0.5, 0.6) is 11.5 Å². The molecule has 0 aromatic heterocycles. The summed E-state index contributed by atoms with van der Waals surface area (Å²) in [6, 6.07) is 21.5. The molecule has 8 nitrogen and oxygen atoms in total. The summed E-state index contributed by atoms with van der Waals surface area (Å²) in [5, 5.41) is 3.93. The third-order valence-corrected chi connectivity index (χ3v) is 6.26. The standard InChI is InChI=1S/C23H23N3O5S/c1-30-21-14-13-18(15-22(21)31-2)16-24-25-23(27)17-26(19-9-5-3-6-10-19)32(28,29)20-11-7-4-8-12-20/h3-16H,17H2,1-2H3,(H,25,27)/b24-16-. The topological polar surface area (TPSA) is 97.3 Å². The van der Waals surface area contributed by atoms with Gasteiger partial charge in [-0.1, -0.05) is 36.4 Å². The molecule has 0 aliphatic carbocycles. The number of nitrogens with one attached hydrogen (secondary N) is 1. The molecule has 0 saturated carbocycles. The molecule has 0 saturated heterocycles. The van der Waals surface area contributed by atoms with E-state index in [9.17, 15) is 13.2 Å². The molecule has 1 amide bonds. The van der Waals surface area contributed by atoms with Gasteiger partial charge in [-0.05, 0) is 48.0 Å². The first-order valence-corrected chi connectivity index (χ1v) is 11.1. The summed E-state index contributed by atoms with van der Waals surface area (Å²) < 4.78 is 37.8. The molecular weight excluding hydrogens is 430 g/mol. The number of hydrogen-bond donors (Lipinski definition) is 1. The molecule has 0 atom stereocenters. The van der Waals surface area contributed by atoms with Gasteiger partial charge in [0.2, 0.25) is 0 Å². The summed E-state index contributed by atoms with van der Waals surface area (Å²) in [7, 11) is -0.898. The van der Waals surface area contributed by atoms with Crippen LogP contribution in [0.15, 0.2) is 88.9 Å². The summed E-state index contributed by atoms with van der Waals surface area (Å²) in [5.41, 5.74) is 3.41. The second-order valence-corrected chi connectivity index (χ2v) is 8.43. The van der Waals surface area contributed by atoms with Crippen LogP contribution in [0.1, 0.15) is 5.56 Å². The van der Waals surface area contributed by atoms with Crippen molar-refractivity contribution in [3.63, 3.8) is 0 Å². The maximum absolute atomic E-state index is 13.2. The Bertz CT molecular complexity index is 1180. The molecule has 0 spiro atoms. The predicted octanol–water partition coefficient (Wildman–Crippen LogP) is 3.05. The van der Waals surface area contributed by atoms with Gasteiger partial charge in [0.1, 0.15) is 6.54 Å². The van der Waals surface area contributed by atoms with Crippen LogP contribution >= 0.6 is 0 Å². The minimum atomic E-state index is -3.95. The van der Waals surface area contributed by atoms with Crippen LogP contribution in [0.4, 0.5) is 5.69 Å². The Morgan fingerprint density at radius 2 is 1.56 bits per heavy atom. The predicted molar refractivity (Wildman–Crippen MR) is 123 cm³/mol. The summed E-state index contributed by atoms with van der Waals surface area (Å²) in [4.78, 5) is 12.6. The molecule has 0 aliphatic rings. The number of hydrazone groups is 1. The van der Waals surface area contributed by atoms with Gasteiger partial charge in [-0.15, -0.1) is 0 Å². The van der Waals surface area contributed by atoms with Gasteiger partial charge in [-0.25, -0.2) is 13.8 Å². The van der Waals surface area contributed by atoms with E-state index < -0.39 is 22.5 Å². The molecule has 3 rings (SSSR count). The number of methoxy groups -OCH3 is 2. The fourth-order valence-electron chi connectivity index (χ4n) is 2.91. The number of ether oxygens (including phenoxy) is 2. The van der Waals surface area contributed by atoms with Crippen molar-refractivity contribution in [1.29, 1.82) is 0 Å². The quantitative estimate of drug-likeness (QED) is 0.397. The molecule has 1 N–H and O–H groups in total. The zero-order chi connectivity index (χ0) is 23.0. The Morgan fingerprint density at radius 1 is 0.938 bits per heavy atom. The van der Waals surface area contributed by atoms with Crippen LogP contribution in [-0.2, 0) is 14.8 Å². The highest BCUT2D eigenvalue weighted by atomic mass is 32.2. The number of para-hydroxylation sites is 1. The number of carbonyl (C=O) groups is 1. The number of benzene rings is 3. The molecule has 0 radical (unpaired) electrons. The van der Waals surface area contributed by atoms with Crippen LogP contribution in [0.3, 0.4) is 0 Å². The average Bonchev–Trinajstić information content (AvgIpc) is 2.83. The lowest BCUT2D eigenvalue weighted by molar-refractivity contribution is -0.119. The van der Waals surface area contributed by atoms with E-state index in [0.29, 0.717) is 22.7 Å². The Balaban J connectivity index is 1.77. The van der Waals surface area contributed by atoms with Crippen molar-refractivity contribution in [2.24, 2.45) is 5.10 Å². The third kappa shape index (κ3) is 5.44. The van der Waals surface area contributed by atoms with Gasteiger partial charge in [0.25, 0.3) is 15.9 Å². The first-order valence-electron chi connectivity index (χ1n) is 9.62. The van der Waals surface area contributed by atoms with Gasteiger partial charge in [-0.3, -0.25) is 9.10 Å². The highest BCUT2D eigenvalue weighted by molar-refractivity contribution is 7.92. The van der Waals surface area contributed by atoms with Crippen molar-refractivity contribution in [2.45, 2.75) is 4.90 Å². The van der Waals surface area contributed by atoms with Gasteiger partial charge in [0.05, 0.1) is 31.0 Å². The zero-order valence-electron chi connectivity index (χ0n) is 17.6. The summed E-state index contributed by atoms with van der Waals surface area (Å²) in [5.74, 6) is 0.496. The van der Waals surface area contributed by atoms with Gasteiger partial charge in [0.15, 0.2) is 11.5 Å². The van der Waals surface area contributed by atoms with Crippen LogP contribution in [0, 0.1) is 0 Å². The van der Waals surface area contributed by atoms with E-state index in [-0.39, 0.29) is 4.90 Å². The van der Waals surface area contributed by atoms with E-state index >= 15 is 0 Å². The maximum Gasteiger partial charge on any atom is 0.264 e. The average molecular weight is 454 g/mol. The Morgan fingerprint density at radius 3 is 2.19 bits per heavy atom. The lowest BCUT2D eigenvalue weighted by atomic mass is 10.2. The Labute approximate surface area is 187 Å². The number of amides is 1. The Kier molecular flexibility index (Phi) is 7.45. The maximum atomic E-state index is 13.2. The first-order chi connectivity index (χ1) is 15.5. The molecule has 3 aromatic carbocycles. The Hall–Kier alpha value is -3.85. The van der Waals surface area contributed by atoms with Gasteiger partial charge in [0, 0.05) is 0 Å². The summed E-state index contributed by atoms with van der Waals surface area (Å²) in [6.45, 7) is -0.440. The molecule has 0 bridgehead atoms. The van der Waals surface area contributed by atoms with E-state index in [1.807, 2.05) is 0 Å². The number of nitrogens with zero attached hydrogens (tertiary/aromatic N) is 2. The van der Waals surface area contributed by atoms with Gasteiger partial charge >= 0.3 is 0 Å². The number of carbonyl (C=O) groups excluding carboxylic acids is 1. The molecular formula is C23H23N3O5S. The van der Waals surface area contributed by atoms with Gasteiger partial charge in [-0.2, -0.15) is 5.10 Å². The van der Waals surface area contributed by atoms with E-state index in [1.165, 1.54) is 32.6 Å². The molecule has 0 aliphatic heterocycles. The van der Waals surface area contributed by atoms with Crippen LogP contribution in [-0.4, -0.2) is 41.3 Å². The summed E-state index contributed by atoms with van der Waals surface area (Å²) in [6.07, 6.45) is 1.43. The second kappa shape index (κ2) is 10.5. The van der Waals surface area contributed by atoms with Gasteiger partial charge < -0.3 is 9.47 Å². The molecule has 0 unspecified atom stereocenters. The highest BCUT2D eigenvalue weighted by Crippen LogP contribution is 2.27. The highest BCUT2D eigenvalue weighted by Gasteiger charge is 2.26. The van der Waals surface area contributed by atoms with E-state index in [0.717, 1.165) is 4.31 Å². The lowest BCUT2D eigenvalue weighted by Crippen LogP contribution is -2.39. The van der Waals surface area contributed by atoms with Crippen LogP contribution in [0.2, 0.25) is 0 Å². The van der Waals surface area contributed by atoms with Crippen molar-refractivity contribution in [3.8, 4) is 11.5 Å². The SMILES string of the molecule is COc1ccc(/C=N\NC(=O)CN(c2ccccc2)S(=O)(=O)c2ccccc2)cc1OC.